The van der Waals surface area contributed by atoms with Gasteiger partial charge in [0, 0.05) is 50.0 Å². The van der Waals surface area contributed by atoms with Gasteiger partial charge in [-0.1, -0.05) is 6.07 Å². The van der Waals surface area contributed by atoms with Crippen molar-refractivity contribution in [3.05, 3.63) is 35.5 Å². The van der Waals surface area contributed by atoms with Crippen molar-refractivity contribution in [3.63, 3.8) is 0 Å². The van der Waals surface area contributed by atoms with Crippen molar-refractivity contribution in [3.8, 4) is 0 Å². The third kappa shape index (κ3) is 6.68. The first kappa shape index (κ1) is 31.6. The van der Waals surface area contributed by atoms with Crippen LogP contribution in [0.15, 0.2) is 24.3 Å². The van der Waals surface area contributed by atoms with E-state index in [0.29, 0.717) is 37.6 Å². The van der Waals surface area contributed by atoms with Crippen molar-refractivity contribution in [2.75, 3.05) is 26.9 Å². The number of methoxy groups -OCH3 is 1. The summed E-state index contributed by atoms with van der Waals surface area (Å²) in [6.45, 7) is 2.16. The number of hydrogen-bond donors (Lipinski definition) is 1. The second-order valence-electron chi connectivity index (χ2n) is 13.0. The Morgan fingerprint density at radius 3 is 2.40 bits per heavy atom. The van der Waals surface area contributed by atoms with Gasteiger partial charge in [-0.25, -0.2) is 9.18 Å². The highest BCUT2D eigenvalue weighted by Gasteiger charge is 2.47. The SMILES string of the molecule is CCOC(=O)c1cc2cc(CC(=O)[C@@H]3[C@H](C4CCC(OC)CC4)CCN3C(=O)C3CCC(C(N)CF)CC3)ccc2n1C. The van der Waals surface area contributed by atoms with E-state index in [4.69, 9.17) is 15.2 Å². The molecule has 0 spiro atoms. The van der Waals surface area contributed by atoms with Crippen LogP contribution in [0.4, 0.5) is 4.39 Å². The Balaban J connectivity index is 1.35. The van der Waals surface area contributed by atoms with Crippen LogP contribution < -0.4 is 5.73 Å². The summed E-state index contributed by atoms with van der Waals surface area (Å²) in [5.74, 6) is 0.302. The summed E-state index contributed by atoms with van der Waals surface area (Å²) < 4.78 is 25.8. The maximum absolute atomic E-state index is 14.2. The molecule has 1 aliphatic heterocycles. The molecule has 3 fully saturated rings. The Morgan fingerprint density at radius 1 is 1.02 bits per heavy atom. The zero-order valence-corrected chi connectivity index (χ0v) is 25.9. The number of amides is 1. The van der Waals surface area contributed by atoms with Crippen LogP contribution in [0, 0.1) is 23.7 Å². The maximum Gasteiger partial charge on any atom is 0.354 e. The summed E-state index contributed by atoms with van der Waals surface area (Å²) >= 11 is 0. The first-order chi connectivity index (χ1) is 20.7. The number of fused-ring (bicyclic) bond motifs is 1. The molecular formula is C34H48FN3O5. The molecule has 1 aromatic carbocycles. The molecule has 43 heavy (non-hydrogen) atoms. The topological polar surface area (TPSA) is 104 Å². The van der Waals surface area contributed by atoms with Crippen molar-refractivity contribution >= 4 is 28.6 Å². The summed E-state index contributed by atoms with van der Waals surface area (Å²) in [6, 6.07) is 6.79. The Hall–Kier alpha value is -2.78. The Bertz CT molecular complexity index is 1290. The van der Waals surface area contributed by atoms with Crippen molar-refractivity contribution in [2.45, 2.75) is 89.3 Å². The predicted molar refractivity (Wildman–Crippen MR) is 163 cm³/mol. The molecule has 1 aromatic heterocycles. The molecule has 3 atom stereocenters. The zero-order chi connectivity index (χ0) is 30.7. The number of esters is 1. The van der Waals surface area contributed by atoms with Crippen LogP contribution in [0.3, 0.4) is 0 Å². The molecule has 2 N–H and O–H groups in total. The van der Waals surface area contributed by atoms with Crippen LogP contribution in [-0.2, 0) is 32.5 Å². The lowest BCUT2D eigenvalue weighted by molar-refractivity contribution is -0.143. The van der Waals surface area contributed by atoms with E-state index in [1.165, 1.54) is 0 Å². The zero-order valence-electron chi connectivity index (χ0n) is 25.9. The summed E-state index contributed by atoms with van der Waals surface area (Å²) in [5, 5.41) is 0.882. The smallest absolute Gasteiger partial charge is 0.354 e. The molecule has 3 aliphatic rings. The Kier molecular flexibility index (Phi) is 10.2. The fraction of sp³-hybridized carbons (Fsp3) is 0.676. The molecule has 8 nitrogen and oxygen atoms in total. The van der Waals surface area contributed by atoms with E-state index < -0.39 is 18.8 Å². The molecule has 1 saturated heterocycles. The lowest BCUT2D eigenvalue weighted by atomic mass is 9.74. The van der Waals surface area contributed by atoms with Gasteiger partial charge in [-0.3, -0.25) is 9.59 Å². The van der Waals surface area contributed by atoms with Gasteiger partial charge in [0.1, 0.15) is 12.4 Å². The molecule has 2 aromatic rings. The van der Waals surface area contributed by atoms with E-state index >= 15 is 0 Å². The van der Waals surface area contributed by atoms with Gasteiger partial charge >= 0.3 is 5.97 Å². The normalized spacial score (nSPS) is 28.6. The first-order valence-corrected chi connectivity index (χ1v) is 16.2. The molecule has 236 valence electrons. The highest BCUT2D eigenvalue weighted by molar-refractivity contribution is 5.97. The van der Waals surface area contributed by atoms with Crippen molar-refractivity contribution in [2.24, 2.45) is 36.5 Å². The standard InChI is InChI=1S/C34H48FN3O5/c1-4-43-34(41)30-19-25-17-21(5-14-29(25)37(30)2)18-31(39)32-27(22-10-12-26(42-3)13-11-22)15-16-38(32)33(40)24-8-6-23(7-9-24)28(36)20-35/h5,14,17,19,22-24,26-28,32H,4,6-13,15-16,18,20,36H2,1-3H3/t22?,23?,24?,26?,27-,28?,32-/m0/s1. The number of aromatic nitrogens is 1. The lowest BCUT2D eigenvalue weighted by Gasteiger charge is -2.37. The van der Waals surface area contributed by atoms with Crippen LogP contribution in [0.25, 0.3) is 10.9 Å². The van der Waals surface area contributed by atoms with Gasteiger partial charge in [-0.15, -0.1) is 0 Å². The highest BCUT2D eigenvalue weighted by atomic mass is 19.1. The van der Waals surface area contributed by atoms with Crippen LogP contribution in [0.5, 0.6) is 0 Å². The number of carbonyl (C=O) groups excluding carboxylic acids is 3. The van der Waals surface area contributed by atoms with Crippen molar-refractivity contribution < 1.29 is 28.2 Å². The molecule has 0 bridgehead atoms. The quantitative estimate of drug-likeness (QED) is 0.387. The van der Waals surface area contributed by atoms with E-state index in [0.717, 1.165) is 61.4 Å². The molecule has 2 heterocycles. The van der Waals surface area contributed by atoms with E-state index in [1.807, 2.05) is 40.8 Å². The number of nitrogens with zero attached hydrogens (tertiary/aromatic N) is 2. The maximum atomic E-state index is 14.2. The number of hydrogen-bond acceptors (Lipinski definition) is 6. The van der Waals surface area contributed by atoms with E-state index in [1.54, 1.807) is 14.0 Å². The van der Waals surface area contributed by atoms with Gasteiger partial charge in [0.05, 0.1) is 18.8 Å². The van der Waals surface area contributed by atoms with Gasteiger partial charge in [-0.2, -0.15) is 0 Å². The minimum absolute atomic E-state index is 0.0799. The van der Waals surface area contributed by atoms with Crippen LogP contribution in [0.1, 0.15) is 80.8 Å². The molecule has 1 unspecified atom stereocenters. The number of nitrogens with two attached hydrogens (primary N) is 1. The van der Waals surface area contributed by atoms with Crippen molar-refractivity contribution in [1.29, 1.82) is 0 Å². The number of halogens is 1. The van der Waals surface area contributed by atoms with Gasteiger partial charge in [0.15, 0.2) is 5.78 Å². The first-order valence-electron chi connectivity index (χ1n) is 16.2. The number of aryl methyl sites for hydroxylation is 1. The largest absolute Gasteiger partial charge is 0.461 e. The summed E-state index contributed by atoms with van der Waals surface area (Å²) in [7, 11) is 3.60. The van der Waals surface area contributed by atoms with Gasteiger partial charge < -0.3 is 24.7 Å². The van der Waals surface area contributed by atoms with Crippen molar-refractivity contribution in [1.82, 2.24) is 9.47 Å². The van der Waals surface area contributed by atoms with Crippen LogP contribution in [-0.4, -0.2) is 72.3 Å². The molecule has 2 saturated carbocycles. The van der Waals surface area contributed by atoms with Gasteiger partial charge in [0.2, 0.25) is 5.91 Å². The number of benzene rings is 1. The average molecular weight is 598 g/mol. The predicted octanol–water partition coefficient (Wildman–Crippen LogP) is 4.99. The number of rotatable bonds is 10. The van der Waals surface area contributed by atoms with E-state index in [9.17, 15) is 18.8 Å². The number of likely N-dealkylation sites (tertiary alicyclic amines) is 1. The summed E-state index contributed by atoms with van der Waals surface area (Å²) in [5.41, 5.74) is 8.22. The number of ether oxygens (including phenoxy) is 2. The number of carbonyl (C=O) groups is 3. The molecule has 0 radical (unpaired) electrons. The molecule has 9 heteroatoms. The molecular weight excluding hydrogens is 549 g/mol. The number of alkyl halides is 1. The van der Waals surface area contributed by atoms with E-state index in [-0.39, 0.29) is 47.9 Å². The minimum Gasteiger partial charge on any atom is -0.461 e. The second kappa shape index (κ2) is 13.9. The fourth-order valence-electron chi connectivity index (χ4n) is 8.09. The monoisotopic (exact) mass is 597 g/mol. The fourth-order valence-corrected chi connectivity index (χ4v) is 8.09. The molecule has 2 aliphatic carbocycles. The van der Waals surface area contributed by atoms with E-state index in [2.05, 4.69) is 0 Å². The van der Waals surface area contributed by atoms with Crippen LogP contribution in [0.2, 0.25) is 0 Å². The Morgan fingerprint density at radius 2 is 1.74 bits per heavy atom. The average Bonchev–Trinajstić information content (AvgIpc) is 3.62. The summed E-state index contributed by atoms with van der Waals surface area (Å²) in [6.07, 6.45) is 8.24. The van der Waals surface area contributed by atoms with Crippen LogP contribution >= 0.6 is 0 Å². The lowest BCUT2D eigenvalue weighted by Crippen LogP contribution is -2.48. The minimum atomic E-state index is -0.530. The summed E-state index contributed by atoms with van der Waals surface area (Å²) in [4.78, 5) is 42.5. The number of Topliss-reactive ketones (excluding diaryl/α,β-unsaturated/α-hetero) is 1. The molecule has 1 amide bonds. The second-order valence-corrected chi connectivity index (χ2v) is 13.0. The highest BCUT2D eigenvalue weighted by Crippen LogP contribution is 2.42. The third-order valence-corrected chi connectivity index (χ3v) is 10.6. The third-order valence-electron chi connectivity index (χ3n) is 10.6. The van der Waals surface area contributed by atoms with Gasteiger partial charge in [-0.05, 0) is 106 Å². The number of ketones is 1. The molecule has 5 rings (SSSR count). The Labute approximate surface area is 254 Å². The van der Waals surface area contributed by atoms with Gasteiger partial charge in [0.25, 0.3) is 0 Å².